The molecule has 2 aliphatic carbocycles. The molecule has 10 heteroatoms. The molecule has 0 unspecified atom stereocenters. The standard InChI is InChI=1S/C38H18N4O4S2/c39-19-23(20-40)37-33-15-27(47(43,44)25-7-3-1-4-8-25)11-13-29(33)31-17-36-32(18-35(31)37)30-14-12-28(16-34(30)38(36)24(21-41)22-42)48(45,46)26-9-5-2-6-10-26/h1-18H. The summed E-state index contributed by atoms with van der Waals surface area (Å²) >= 11 is 0. The number of benzene rings is 5. The fourth-order valence-corrected chi connectivity index (χ4v) is 8.91. The molecule has 0 fully saturated rings. The molecule has 5 aromatic rings. The Bertz CT molecular complexity index is 2500. The molecule has 7 rings (SSSR count). The van der Waals surface area contributed by atoms with E-state index in [2.05, 4.69) is 0 Å². The summed E-state index contributed by atoms with van der Waals surface area (Å²) in [5.74, 6) is 0. The number of allylic oxidation sites excluding steroid dienone is 2. The highest BCUT2D eigenvalue weighted by molar-refractivity contribution is 7.91. The molecule has 0 spiro atoms. The van der Waals surface area contributed by atoms with Crippen molar-refractivity contribution >= 4 is 30.8 Å². The third-order valence-electron chi connectivity index (χ3n) is 8.47. The van der Waals surface area contributed by atoms with E-state index >= 15 is 0 Å². The van der Waals surface area contributed by atoms with Gasteiger partial charge in [-0.2, -0.15) is 21.0 Å². The van der Waals surface area contributed by atoms with Crippen LogP contribution in [0.15, 0.2) is 140 Å². The molecule has 2 aliphatic rings. The van der Waals surface area contributed by atoms with Gasteiger partial charge in [-0.25, -0.2) is 16.8 Å². The minimum Gasteiger partial charge on any atom is -0.219 e. The van der Waals surface area contributed by atoms with Gasteiger partial charge in [0.05, 0.1) is 19.6 Å². The summed E-state index contributed by atoms with van der Waals surface area (Å²) in [6.07, 6.45) is 0. The van der Waals surface area contributed by atoms with Crippen LogP contribution in [0.25, 0.3) is 33.4 Å². The summed E-state index contributed by atoms with van der Waals surface area (Å²) in [5, 5.41) is 40.0. The zero-order chi connectivity index (χ0) is 33.8. The zero-order valence-electron chi connectivity index (χ0n) is 24.6. The van der Waals surface area contributed by atoms with Crippen molar-refractivity contribution in [2.45, 2.75) is 19.6 Å². The number of fused-ring (bicyclic) bond motifs is 6. The maximum absolute atomic E-state index is 13.5. The van der Waals surface area contributed by atoms with Crippen molar-refractivity contribution < 1.29 is 16.8 Å². The van der Waals surface area contributed by atoms with Gasteiger partial charge in [-0.15, -0.1) is 0 Å². The van der Waals surface area contributed by atoms with E-state index < -0.39 is 19.7 Å². The maximum atomic E-state index is 13.5. The lowest BCUT2D eigenvalue weighted by molar-refractivity contribution is 0.594. The summed E-state index contributed by atoms with van der Waals surface area (Å²) < 4.78 is 54.2. The second-order valence-corrected chi connectivity index (χ2v) is 14.8. The van der Waals surface area contributed by atoms with Crippen molar-refractivity contribution in [3.05, 3.63) is 143 Å². The lowest BCUT2D eigenvalue weighted by atomic mass is 9.93. The summed E-state index contributed by atoms with van der Waals surface area (Å²) in [4.78, 5) is 0.141. The fraction of sp³-hybridized carbons (Fsp3) is 0. The van der Waals surface area contributed by atoms with E-state index in [1.807, 2.05) is 24.3 Å². The number of hydrogen-bond donors (Lipinski definition) is 0. The lowest BCUT2D eigenvalue weighted by Crippen LogP contribution is -2.02. The van der Waals surface area contributed by atoms with Crippen LogP contribution in [0.1, 0.15) is 22.3 Å². The van der Waals surface area contributed by atoms with Crippen LogP contribution in [0.3, 0.4) is 0 Å². The first-order chi connectivity index (χ1) is 23.1. The van der Waals surface area contributed by atoms with Crippen molar-refractivity contribution in [3.8, 4) is 46.5 Å². The topological polar surface area (TPSA) is 163 Å². The smallest absolute Gasteiger partial charge is 0.206 e. The van der Waals surface area contributed by atoms with Crippen LogP contribution in [0.5, 0.6) is 0 Å². The Morgan fingerprint density at radius 1 is 0.375 bits per heavy atom. The van der Waals surface area contributed by atoms with Crippen LogP contribution in [0.2, 0.25) is 0 Å². The van der Waals surface area contributed by atoms with E-state index in [4.69, 9.17) is 0 Å². The Kier molecular flexibility index (Phi) is 6.93. The molecule has 0 atom stereocenters. The Balaban J connectivity index is 1.48. The van der Waals surface area contributed by atoms with Crippen molar-refractivity contribution in [1.29, 1.82) is 21.0 Å². The summed E-state index contributed by atoms with van der Waals surface area (Å²) in [6.45, 7) is 0. The van der Waals surface area contributed by atoms with Crippen LogP contribution in [0.4, 0.5) is 0 Å². The molecule has 0 amide bonds. The van der Waals surface area contributed by atoms with Crippen molar-refractivity contribution in [1.82, 2.24) is 0 Å². The van der Waals surface area contributed by atoms with Crippen LogP contribution >= 0.6 is 0 Å². The van der Waals surface area contributed by atoms with Crippen LogP contribution in [0, 0.1) is 45.3 Å². The van der Waals surface area contributed by atoms with Gasteiger partial charge in [0, 0.05) is 11.1 Å². The SMILES string of the molecule is N#CC(C#N)=C1c2cc(S(=O)(=O)c3ccccc3)ccc2-c2cc3c(cc21)-c1ccc(S(=O)(=O)c2ccccc2)cc1C3=C(C#N)C#N. The quantitative estimate of drug-likeness (QED) is 0.182. The molecule has 0 bridgehead atoms. The number of nitriles is 4. The third-order valence-corrected chi connectivity index (χ3v) is 12.0. The summed E-state index contributed by atoms with van der Waals surface area (Å²) in [5.41, 5.74) is 3.99. The second kappa shape index (κ2) is 11.1. The van der Waals surface area contributed by atoms with Gasteiger partial charge in [0.1, 0.15) is 35.4 Å². The van der Waals surface area contributed by atoms with E-state index in [1.54, 1.807) is 60.7 Å². The molecular formula is C38H18N4O4S2. The number of nitrogens with zero attached hydrogens (tertiary/aromatic N) is 4. The van der Waals surface area contributed by atoms with Crippen molar-refractivity contribution in [2.24, 2.45) is 0 Å². The van der Waals surface area contributed by atoms with Crippen molar-refractivity contribution in [3.63, 3.8) is 0 Å². The highest BCUT2D eigenvalue weighted by Gasteiger charge is 2.35. The average molecular weight is 659 g/mol. The Morgan fingerprint density at radius 2 is 0.708 bits per heavy atom. The van der Waals surface area contributed by atoms with E-state index in [0.29, 0.717) is 44.5 Å². The highest BCUT2D eigenvalue weighted by atomic mass is 32.2. The lowest BCUT2D eigenvalue weighted by Gasteiger charge is -2.09. The van der Waals surface area contributed by atoms with E-state index in [1.165, 1.54) is 48.5 Å². The van der Waals surface area contributed by atoms with E-state index in [9.17, 15) is 37.9 Å². The zero-order valence-corrected chi connectivity index (χ0v) is 26.3. The monoisotopic (exact) mass is 658 g/mol. The van der Waals surface area contributed by atoms with Gasteiger partial charge in [-0.1, -0.05) is 48.5 Å². The van der Waals surface area contributed by atoms with Crippen LogP contribution < -0.4 is 0 Å². The molecule has 0 aromatic heterocycles. The molecule has 0 saturated carbocycles. The van der Waals surface area contributed by atoms with Gasteiger partial charge in [0.25, 0.3) is 0 Å². The van der Waals surface area contributed by atoms with Gasteiger partial charge in [-0.3, -0.25) is 0 Å². The van der Waals surface area contributed by atoms with Gasteiger partial charge in [-0.05, 0) is 105 Å². The molecular weight excluding hydrogens is 641 g/mol. The normalized spacial score (nSPS) is 12.3. The summed E-state index contributed by atoms with van der Waals surface area (Å²) in [7, 11) is -7.88. The Morgan fingerprint density at radius 3 is 1.04 bits per heavy atom. The second-order valence-electron chi connectivity index (χ2n) is 10.9. The van der Waals surface area contributed by atoms with Gasteiger partial charge < -0.3 is 0 Å². The van der Waals surface area contributed by atoms with E-state index in [0.717, 1.165) is 0 Å². The van der Waals surface area contributed by atoms with E-state index in [-0.39, 0.29) is 41.9 Å². The minimum atomic E-state index is -3.94. The largest absolute Gasteiger partial charge is 0.219 e. The first-order valence-electron chi connectivity index (χ1n) is 14.3. The Hall–Kier alpha value is -6.56. The Labute approximate surface area is 276 Å². The first kappa shape index (κ1) is 30.1. The molecule has 0 aliphatic heterocycles. The number of sulfone groups is 2. The highest BCUT2D eigenvalue weighted by Crippen LogP contribution is 2.54. The molecule has 8 nitrogen and oxygen atoms in total. The number of rotatable bonds is 4. The van der Waals surface area contributed by atoms with Gasteiger partial charge in [0.2, 0.25) is 19.7 Å². The predicted octanol–water partition coefficient (Wildman–Crippen LogP) is 7.01. The molecule has 0 heterocycles. The molecule has 0 saturated heterocycles. The maximum Gasteiger partial charge on any atom is 0.206 e. The third kappa shape index (κ3) is 4.37. The number of hydrogen-bond acceptors (Lipinski definition) is 8. The molecule has 0 N–H and O–H groups in total. The van der Waals surface area contributed by atoms with Crippen molar-refractivity contribution in [2.75, 3.05) is 0 Å². The predicted molar refractivity (Wildman–Crippen MR) is 176 cm³/mol. The minimum absolute atomic E-state index is 0.0186. The molecule has 48 heavy (non-hydrogen) atoms. The van der Waals surface area contributed by atoms with Crippen LogP contribution in [-0.2, 0) is 19.7 Å². The molecule has 0 radical (unpaired) electrons. The summed E-state index contributed by atoms with van der Waals surface area (Å²) in [6, 6.07) is 36.1. The van der Waals surface area contributed by atoms with Crippen LogP contribution in [-0.4, -0.2) is 16.8 Å². The molecule has 5 aromatic carbocycles. The first-order valence-corrected chi connectivity index (χ1v) is 17.3. The fourth-order valence-electron chi connectivity index (χ4n) is 6.30. The van der Waals surface area contributed by atoms with Gasteiger partial charge in [0.15, 0.2) is 0 Å². The average Bonchev–Trinajstić information content (AvgIpc) is 3.60. The molecule has 226 valence electrons. The van der Waals surface area contributed by atoms with Gasteiger partial charge >= 0.3 is 0 Å².